The Bertz CT molecular complexity index is 1280. The van der Waals surface area contributed by atoms with Gasteiger partial charge in [-0.3, -0.25) is 0 Å². The Morgan fingerprint density at radius 2 is 1.28 bits per heavy atom. The molecule has 0 saturated carbocycles. The number of benzene rings is 3. The number of nitrogens with zero attached hydrogens (tertiary/aromatic N) is 3. The standard InChI is InChI=1S/C12H11NO2S.C9H7F3N4/c13-10-6-8-12(9-7-10)16(14,15)11-4-2-1-3-5-11;10-9(11,12)7-2-1-6(13)5-8(7)16-14-3-4-15-16/h1-9H,13H2;1-5H,13H2. The van der Waals surface area contributed by atoms with E-state index in [1.165, 1.54) is 36.7 Å². The third-order valence-electron chi connectivity index (χ3n) is 4.21. The van der Waals surface area contributed by atoms with E-state index in [0.717, 1.165) is 10.9 Å². The summed E-state index contributed by atoms with van der Waals surface area (Å²) in [5, 5.41) is 7.30. The summed E-state index contributed by atoms with van der Waals surface area (Å²) in [7, 11) is -3.41. The monoisotopic (exact) mass is 461 g/mol. The van der Waals surface area contributed by atoms with Crippen LogP contribution in [0.2, 0.25) is 0 Å². The van der Waals surface area contributed by atoms with Crippen LogP contribution < -0.4 is 11.5 Å². The summed E-state index contributed by atoms with van der Waals surface area (Å²) in [6, 6.07) is 17.8. The molecule has 11 heteroatoms. The molecular weight excluding hydrogens is 443 g/mol. The molecule has 4 rings (SSSR count). The van der Waals surface area contributed by atoms with Crippen LogP contribution in [-0.2, 0) is 16.0 Å². The van der Waals surface area contributed by atoms with Crippen LogP contribution in [0.4, 0.5) is 24.5 Å². The second kappa shape index (κ2) is 9.10. The third-order valence-corrected chi connectivity index (χ3v) is 5.99. The molecule has 0 aliphatic heterocycles. The fourth-order valence-electron chi connectivity index (χ4n) is 2.68. The van der Waals surface area contributed by atoms with Crippen LogP contribution in [0.5, 0.6) is 0 Å². The first kappa shape index (κ1) is 22.8. The molecule has 166 valence electrons. The van der Waals surface area contributed by atoms with Gasteiger partial charge in [0.2, 0.25) is 9.84 Å². The van der Waals surface area contributed by atoms with Crippen molar-refractivity contribution in [1.29, 1.82) is 0 Å². The molecule has 3 aromatic carbocycles. The van der Waals surface area contributed by atoms with E-state index in [-0.39, 0.29) is 16.3 Å². The lowest BCUT2D eigenvalue weighted by atomic mass is 10.1. The van der Waals surface area contributed by atoms with Crippen LogP contribution in [0.25, 0.3) is 5.69 Å². The van der Waals surface area contributed by atoms with Gasteiger partial charge < -0.3 is 11.5 Å². The molecule has 0 spiro atoms. The van der Waals surface area contributed by atoms with Crippen molar-refractivity contribution in [1.82, 2.24) is 15.0 Å². The highest BCUT2D eigenvalue weighted by Gasteiger charge is 2.34. The van der Waals surface area contributed by atoms with Crippen molar-refractivity contribution in [3.63, 3.8) is 0 Å². The van der Waals surface area contributed by atoms with Crippen LogP contribution in [-0.4, -0.2) is 23.4 Å². The number of rotatable bonds is 3. The van der Waals surface area contributed by atoms with Gasteiger partial charge in [0.1, 0.15) is 0 Å². The molecule has 7 nitrogen and oxygen atoms in total. The topological polar surface area (TPSA) is 117 Å². The molecule has 0 atom stereocenters. The lowest BCUT2D eigenvalue weighted by Crippen LogP contribution is -2.12. The smallest absolute Gasteiger partial charge is 0.399 e. The lowest BCUT2D eigenvalue weighted by Gasteiger charge is -2.12. The Kier molecular flexibility index (Phi) is 6.49. The molecule has 0 aliphatic rings. The lowest BCUT2D eigenvalue weighted by molar-refractivity contribution is -0.137. The zero-order valence-corrected chi connectivity index (χ0v) is 17.3. The average Bonchev–Trinajstić information content (AvgIpc) is 3.29. The number of anilines is 2. The summed E-state index contributed by atoms with van der Waals surface area (Å²) in [5.74, 6) is 0. The summed E-state index contributed by atoms with van der Waals surface area (Å²) in [4.78, 5) is 1.44. The second-order valence-corrected chi connectivity index (χ2v) is 8.43. The van der Waals surface area contributed by atoms with Gasteiger partial charge in [0.05, 0.1) is 33.4 Å². The third kappa shape index (κ3) is 5.24. The normalized spacial score (nSPS) is 11.5. The van der Waals surface area contributed by atoms with Crippen molar-refractivity contribution in [2.45, 2.75) is 16.0 Å². The molecule has 0 radical (unpaired) electrons. The maximum Gasteiger partial charge on any atom is 0.418 e. The highest BCUT2D eigenvalue weighted by molar-refractivity contribution is 7.91. The maximum absolute atomic E-state index is 12.7. The minimum absolute atomic E-state index is 0.183. The molecule has 1 heterocycles. The molecule has 4 aromatic rings. The quantitative estimate of drug-likeness (QED) is 0.446. The SMILES string of the molecule is Nc1ccc(C(F)(F)F)c(-n2nccn2)c1.Nc1ccc(S(=O)(=O)c2ccccc2)cc1. The van der Waals surface area contributed by atoms with Gasteiger partial charge in [-0.15, -0.1) is 0 Å². The van der Waals surface area contributed by atoms with E-state index in [2.05, 4.69) is 10.2 Å². The Balaban J connectivity index is 0.000000181. The first-order chi connectivity index (χ1) is 15.1. The highest BCUT2D eigenvalue weighted by atomic mass is 32.2. The minimum atomic E-state index is -4.46. The van der Waals surface area contributed by atoms with Gasteiger partial charge in [0.25, 0.3) is 0 Å². The summed E-state index contributed by atoms with van der Waals surface area (Å²) in [5.41, 5.74) is 10.7. The maximum atomic E-state index is 12.7. The van der Waals surface area contributed by atoms with E-state index in [1.807, 2.05) is 0 Å². The van der Waals surface area contributed by atoms with Crippen molar-refractivity contribution in [3.05, 3.63) is 90.8 Å². The molecule has 1 aromatic heterocycles. The van der Waals surface area contributed by atoms with Crippen LogP contribution in [0.3, 0.4) is 0 Å². The van der Waals surface area contributed by atoms with Gasteiger partial charge in [-0.2, -0.15) is 28.2 Å². The fraction of sp³-hybridized carbons (Fsp3) is 0.0476. The molecule has 4 N–H and O–H groups in total. The number of alkyl halides is 3. The van der Waals surface area contributed by atoms with Gasteiger partial charge in [0.15, 0.2) is 0 Å². The minimum Gasteiger partial charge on any atom is -0.399 e. The summed E-state index contributed by atoms with van der Waals surface area (Å²) in [6.07, 6.45) is -1.87. The predicted octanol–water partition coefficient (Wildman–Crippen LogP) is 3.97. The van der Waals surface area contributed by atoms with Crippen LogP contribution in [0.1, 0.15) is 5.56 Å². The van der Waals surface area contributed by atoms with E-state index >= 15 is 0 Å². The van der Waals surface area contributed by atoms with Crippen molar-refractivity contribution in [3.8, 4) is 5.69 Å². The van der Waals surface area contributed by atoms with E-state index in [9.17, 15) is 21.6 Å². The van der Waals surface area contributed by atoms with Crippen molar-refractivity contribution in [2.75, 3.05) is 11.5 Å². The van der Waals surface area contributed by atoms with E-state index in [4.69, 9.17) is 11.5 Å². The first-order valence-electron chi connectivity index (χ1n) is 9.08. The highest BCUT2D eigenvalue weighted by Crippen LogP contribution is 2.34. The van der Waals surface area contributed by atoms with E-state index in [1.54, 1.807) is 42.5 Å². The van der Waals surface area contributed by atoms with E-state index < -0.39 is 21.6 Å². The zero-order chi connectivity index (χ0) is 23.4. The number of sulfone groups is 1. The number of nitrogens with two attached hydrogens (primary N) is 2. The zero-order valence-electron chi connectivity index (χ0n) is 16.4. The average molecular weight is 461 g/mol. The molecule has 0 aliphatic carbocycles. The Labute approximate surface area is 182 Å². The largest absolute Gasteiger partial charge is 0.418 e. The Hall–Kier alpha value is -3.86. The Morgan fingerprint density at radius 3 is 1.84 bits per heavy atom. The van der Waals surface area contributed by atoms with Crippen LogP contribution in [0, 0.1) is 0 Å². The summed E-state index contributed by atoms with van der Waals surface area (Å²) in [6.45, 7) is 0. The predicted molar refractivity (Wildman–Crippen MR) is 114 cm³/mol. The Morgan fingerprint density at radius 1 is 0.750 bits per heavy atom. The molecule has 32 heavy (non-hydrogen) atoms. The van der Waals surface area contributed by atoms with Crippen LogP contribution >= 0.6 is 0 Å². The van der Waals surface area contributed by atoms with Gasteiger partial charge in [0, 0.05) is 11.4 Å². The number of nitrogen functional groups attached to an aromatic ring is 2. The molecule has 0 fully saturated rings. The van der Waals surface area contributed by atoms with E-state index in [0.29, 0.717) is 10.6 Å². The molecule has 0 unspecified atom stereocenters. The van der Waals surface area contributed by atoms with Gasteiger partial charge in [-0.1, -0.05) is 18.2 Å². The second-order valence-electron chi connectivity index (χ2n) is 6.48. The van der Waals surface area contributed by atoms with Gasteiger partial charge >= 0.3 is 6.18 Å². The molecular formula is C21H18F3N5O2S. The number of hydrogen-bond donors (Lipinski definition) is 2. The fourth-order valence-corrected chi connectivity index (χ4v) is 3.96. The number of aromatic nitrogens is 3. The van der Waals surface area contributed by atoms with Crippen molar-refractivity contribution >= 4 is 21.2 Å². The van der Waals surface area contributed by atoms with Crippen molar-refractivity contribution in [2.24, 2.45) is 0 Å². The van der Waals surface area contributed by atoms with Gasteiger partial charge in [-0.25, -0.2) is 8.42 Å². The number of hydrogen-bond acceptors (Lipinski definition) is 6. The molecule has 0 amide bonds. The van der Waals surface area contributed by atoms with Gasteiger partial charge in [-0.05, 0) is 54.6 Å². The first-order valence-corrected chi connectivity index (χ1v) is 10.6. The molecule has 0 bridgehead atoms. The van der Waals surface area contributed by atoms with Crippen molar-refractivity contribution < 1.29 is 21.6 Å². The number of halogens is 3. The summed E-state index contributed by atoms with van der Waals surface area (Å²) >= 11 is 0. The molecule has 0 saturated heterocycles. The van der Waals surface area contributed by atoms with Crippen LogP contribution in [0.15, 0.2) is 95.0 Å². The summed E-state index contributed by atoms with van der Waals surface area (Å²) < 4.78 is 62.2.